The average molecular weight is 447 g/mol. The van der Waals surface area contributed by atoms with Gasteiger partial charge in [0.05, 0.1) is 17.1 Å². The van der Waals surface area contributed by atoms with E-state index in [0.29, 0.717) is 10.9 Å². The summed E-state index contributed by atoms with van der Waals surface area (Å²) in [5.41, 5.74) is 6.16. The molecule has 0 fully saturated rings. The molecule has 162 valence electrons. The fourth-order valence-electron chi connectivity index (χ4n) is 3.21. The number of aryl methyl sites for hydroxylation is 1. The van der Waals surface area contributed by atoms with Crippen LogP contribution in [0.4, 0.5) is 4.39 Å². The van der Waals surface area contributed by atoms with Crippen molar-refractivity contribution in [3.05, 3.63) is 64.6 Å². The maximum Gasteiger partial charge on any atom is 0.269 e. The zero-order valence-corrected chi connectivity index (χ0v) is 17.1. The number of ketones is 1. The van der Waals surface area contributed by atoms with Gasteiger partial charge in [-0.25, -0.2) is 4.39 Å². The van der Waals surface area contributed by atoms with E-state index in [2.05, 4.69) is 10.4 Å². The number of aliphatic hydroxyl groups is 1. The number of Topliss-reactive ketones (excluding diaryl/α,β-unsaturated/α-hetero) is 1. The highest BCUT2D eigenvalue weighted by molar-refractivity contribution is 6.30. The molecule has 31 heavy (non-hydrogen) atoms. The van der Waals surface area contributed by atoms with Crippen molar-refractivity contribution in [2.24, 2.45) is 5.73 Å². The van der Waals surface area contributed by atoms with Gasteiger partial charge in [0.1, 0.15) is 18.4 Å². The van der Waals surface area contributed by atoms with Crippen LogP contribution in [0.3, 0.4) is 0 Å². The van der Waals surface area contributed by atoms with Crippen LogP contribution >= 0.6 is 11.6 Å². The van der Waals surface area contributed by atoms with Gasteiger partial charge in [-0.1, -0.05) is 41.9 Å². The maximum absolute atomic E-state index is 14.0. The molecule has 1 heterocycles. The Kier molecular flexibility index (Phi) is 6.98. The first kappa shape index (κ1) is 22.4. The maximum atomic E-state index is 14.0. The minimum atomic E-state index is -1.16. The second kappa shape index (κ2) is 9.67. The monoisotopic (exact) mass is 446 g/mol. The van der Waals surface area contributed by atoms with Gasteiger partial charge in [0.2, 0.25) is 5.91 Å². The molecule has 0 aliphatic carbocycles. The summed E-state index contributed by atoms with van der Waals surface area (Å²) < 4.78 is 15.3. The normalized spacial score (nSPS) is 12.0. The van der Waals surface area contributed by atoms with Crippen LogP contribution in [0.5, 0.6) is 0 Å². The number of aromatic nitrogens is 2. The average Bonchev–Trinajstić information content (AvgIpc) is 3.11. The molecule has 2 aromatic carbocycles. The Balaban J connectivity index is 1.66. The lowest BCUT2D eigenvalue weighted by molar-refractivity contribution is -0.129. The van der Waals surface area contributed by atoms with Gasteiger partial charge >= 0.3 is 0 Å². The van der Waals surface area contributed by atoms with Gasteiger partial charge in [0.25, 0.3) is 5.91 Å². The highest BCUT2D eigenvalue weighted by Crippen LogP contribution is 2.20. The third-order valence-corrected chi connectivity index (χ3v) is 5.06. The fourth-order valence-corrected chi connectivity index (χ4v) is 3.40. The number of carbonyl (C=O) groups is 3. The molecule has 1 atom stereocenters. The second-order valence-corrected chi connectivity index (χ2v) is 7.28. The van der Waals surface area contributed by atoms with Crippen LogP contribution < -0.4 is 11.1 Å². The zero-order valence-electron chi connectivity index (χ0n) is 16.3. The predicted octanol–water partition coefficient (Wildman–Crippen LogP) is 1.61. The third-order valence-electron chi connectivity index (χ3n) is 4.76. The van der Waals surface area contributed by atoms with Gasteiger partial charge in [0, 0.05) is 11.8 Å². The number of hydrogen-bond acceptors (Lipinski definition) is 5. The predicted molar refractivity (Wildman–Crippen MR) is 112 cm³/mol. The molecule has 4 N–H and O–H groups in total. The van der Waals surface area contributed by atoms with Crippen molar-refractivity contribution in [3.63, 3.8) is 0 Å². The van der Waals surface area contributed by atoms with Gasteiger partial charge < -0.3 is 16.2 Å². The van der Waals surface area contributed by atoms with Crippen molar-refractivity contribution >= 4 is 40.1 Å². The molecule has 3 aromatic rings. The van der Waals surface area contributed by atoms with Gasteiger partial charge in [-0.05, 0) is 24.1 Å². The zero-order chi connectivity index (χ0) is 22.5. The minimum absolute atomic E-state index is 0.0294. The number of hydrogen-bond donors (Lipinski definition) is 3. The largest absolute Gasteiger partial charge is 0.394 e. The van der Waals surface area contributed by atoms with E-state index in [1.54, 1.807) is 30.3 Å². The van der Waals surface area contributed by atoms with Crippen LogP contribution in [0.1, 0.15) is 22.5 Å². The summed E-state index contributed by atoms with van der Waals surface area (Å²) in [6.07, 6.45) is -0.0251. The Morgan fingerprint density at radius 1 is 1.19 bits per heavy atom. The lowest BCUT2D eigenvalue weighted by Gasteiger charge is -2.15. The third kappa shape index (κ3) is 5.07. The summed E-state index contributed by atoms with van der Waals surface area (Å²) in [7, 11) is 0. The number of benzene rings is 2. The molecule has 0 unspecified atom stereocenters. The number of carbonyl (C=O) groups excluding carboxylic acids is 3. The van der Waals surface area contributed by atoms with Crippen LogP contribution in [0.25, 0.3) is 10.9 Å². The summed E-state index contributed by atoms with van der Waals surface area (Å²) in [6, 6.07) is 10.1. The number of aliphatic hydroxyl groups excluding tert-OH is 1. The Morgan fingerprint density at radius 3 is 2.65 bits per heavy atom. The molecule has 0 saturated heterocycles. The summed E-state index contributed by atoms with van der Waals surface area (Å²) in [5.74, 6) is -2.38. The van der Waals surface area contributed by atoms with Crippen molar-refractivity contribution in [3.8, 4) is 0 Å². The minimum Gasteiger partial charge on any atom is -0.394 e. The Hall–Kier alpha value is -3.30. The Labute approximate surface area is 181 Å². The lowest BCUT2D eigenvalue weighted by Crippen LogP contribution is -2.45. The number of primary amides is 1. The summed E-state index contributed by atoms with van der Waals surface area (Å²) in [6.45, 7) is -0.907. The molecule has 0 aliphatic heterocycles. The Morgan fingerprint density at radius 2 is 1.94 bits per heavy atom. The van der Waals surface area contributed by atoms with E-state index in [0.717, 1.165) is 0 Å². The van der Waals surface area contributed by atoms with Crippen LogP contribution in [0, 0.1) is 5.82 Å². The van der Waals surface area contributed by atoms with Crippen LogP contribution in [-0.2, 0) is 22.6 Å². The number of nitrogens with one attached hydrogen (secondary N) is 1. The fraction of sp³-hybridized carbons (Fsp3) is 0.238. The number of halogens is 2. The first-order valence-corrected chi connectivity index (χ1v) is 9.80. The standard InChI is InChI=1S/C21H20ClFN4O4/c22-14-6-3-4-12(19(14)23)8-9-17(29)15(11-28)25-18(30)10-27-16-7-2-1-5-13(16)20(26-27)21(24)31/h1-7,15,28H,8-11H2,(H2,24,31)(H,25,30)/t15-/m0/s1. The van der Waals surface area contributed by atoms with Crippen LogP contribution in [0.15, 0.2) is 42.5 Å². The van der Waals surface area contributed by atoms with Gasteiger partial charge in [0.15, 0.2) is 11.5 Å². The number of nitrogens with zero attached hydrogens (tertiary/aromatic N) is 2. The molecule has 3 rings (SSSR count). The molecule has 10 heteroatoms. The lowest BCUT2D eigenvalue weighted by atomic mass is 10.0. The molecule has 0 aliphatic rings. The highest BCUT2D eigenvalue weighted by atomic mass is 35.5. The SMILES string of the molecule is NC(=O)c1nn(CC(=O)N[C@@H](CO)C(=O)CCc2cccc(Cl)c2F)c2ccccc12. The first-order valence-electron chi connectivity index (χ1n) is 9.43. The summed E-state index contributed by atoms with van der Waals surface area (Å²) in [5, 5.41) is 16.5. The van der Waals surface area contributed by atoms with Crippen molar-refractivity contribution in [1.29, 1.82) is 0 Å². The molecule has 2 amide bonds. The molecule has 0 radical (unpaired) electrons. The van der Waals surface area contributed by atoms with E-state index in [4.69, 9.17) is 17.3 Å². The highest BCUT2D eigenvalue weighted by Gasteiger charge is 2.22. The van der Waals surface area contributed by atoms with Gasteiger partial charge in [-0.2, -0.15) is 5.10 Å². The number of nitrogens with two attached hydrogens (primary N) is 1. The van der Waals surface area contributed by atoms with Crippen molar-refractivity contribution in [2.75, 3.05) is 6.61 Å². The number of amides is 2. The van der Waals surface area contributed by atoms with Gasteiger partial charge in [-0.15, -0.1) is 0 Å². The molecule has 1 aromatic heterocycles. The van der Waals surface area contributed by atoms with E-state index in [9.17, 15) is 23.9 Å². The molecular formula is C21H20ClFN4O4. The molecular weight excluding hydrogens is 427 g/mol. The van der Waals surface area contributed by atoms with E-state index in [-0.39, 0.29) is 35.7 Å². The first-order chi connectivity index (χ1) is 14.8. The summed E-state index contributed by atoms with van der Waals surface area (Å²) >= 11 is 5.73. The molecule has 8 nitrogen and oxygen atoms in total. The summed E-state index contributed by atoms with van der Waals surface area (Å²) in [4.78, 5) is 36.5. The van der Waals surface area contributed by atoms with E-state index in [1.165, 1.54) is 16.8 Å². The Bertz CT molecular complexity index is 1150. The number of fused-ring (bicyclic) bond motifs is 1. The quantitative estimate of drug-likeness (QED) is 0.460. The molecule has 0 bridgehead atoms. The van der Waals surface area contributed by atoms with E-state index in [1.807, 2.05) is 0 Å². The number of para-hydroxylation sites is 1. The topological polar surface area (TPSA) is 127 Å². The number of rotatable bonds is 9. The molecule has 0 saturated carbocycles. The van der Waals surface area contributed by atoms with Crippen molar-refractivity contribution in [1.82, 2.24) is 15.1 Å². The smallest absolute Gasteiger partial charge is 0.269 e. The van der Waals surface area contributed by atoms with Crippen LogP contribution in [0.2, 0.25) is 5.02 Å². The van der Waals surface area contributed by atoms with Crippen molar-refractivity contribution < 1.29 is 23.9 Å². The van der Waals surface area contributed by atoms with Crippen molar-refractivity contribution in [2.45, 2.75) is 25.4 Å². The van der Waals surface area contributed by atoms with Gasteiger partial charge in [-0.3, -0.25) is 19.1 Å². The van der Waals surface area contributed by atoms with E-state index >= 15 is 0 Å². The second-order valence-electron chi connectivity index (χ2n) is 6.87. The molecule has 0 spiro atoms. The van der Waals surface area contributed by atoms with Crippen LogP contribution in [-0.4, -0.2) is 45.1 Å². The van der Waals surface area contributed by atoms with E-state index < -0.39 is 36.1 Å².